The summed E-state index contributed by atoms with van der Waals surface area (Å²) >= 11 is 1.73. The Labute approximate surface area is 81.4 Å². The highest BCUT2D eigenvalue weighted by atomic mass is 32.1. The highest BCUT2D eigenvalue weighted by molar-refractivity contribution is 7.12. The third kappa shape index (κ3) is 1.47. The topological polar surface area (TPSA) is 32.3 Å². The van der Waals surface area contributed by atoms with Crippen LogP contribution in [0.1, 0.15) is 15.9 Å². The molecule has 1 amide bonds. The minimum absolute atomic E-state index is 0.0891. The highest BCUT2D eigenvalue weighted by Crippen LogP contribution is 2.26. The zero-order valence-electron chi connectivity index (χ0n) is 7.70. The summed E-state index contributed by atoms with van der Waals surface area (Å²) in [4.78, 5) is 15.5. The lowest BCUT2D eigenvalue weighted by molar-refractivity contribution is -0.126. The number of likely N-dealkylation sites (N-methyl/N-ethyl adjacent to an activating group) is 1. The lowest BCUT2D eigenvalue weighted by Gasteiger charge is -2.17. The van der Waals surface area contributed by atoms with Crippen LogP contribution in [0.4, 0.5) is 0 Å². The quantitative estimate of drug-likeness (QED) is 0.730. The van der Waals surface area contributed by atoms with Crippen molar-refractivity contribution >= 4 is 17.2 Å². The summed E-state index contributed by atoms with van der Waals surface area (Å²) in [7, 11) is 1.84. The average molecular weight is 196 g/mol. The van der Waals surface area contributed by atoms with E-state index in [1.54, 1.807) is 16.2 Å². The maximum absolute atomic E-state index is 11.2. The van der Waals surface area contributed by atoms with E-state index in [4.69, 9.17) is 0 Å². The van der Waals surface area contributed by atoms with Crippen LogP contribution in [0.2, 0.25) is 0 Å². The van der Waals surface area contributed by atoms with Crippen molar-refractivity contribution in [2.45, 2.75) is 13.1 Å². The average Bonchev–Trinajstić information content (AvgIpc) is 2.62. The van der Waals surface area contributed by atoms with Crippen molar-refractivity contribution in [2.75, 3.05) is 13.6 Å². The number of nitrogens with one attached hydrogen (secondary N) is 1. The zero-order chi connectivity index (χ0) is 9.42. The molecule has 1 atom stereocenters. The lowest BCUT2D eigenvalue weighted by atomic mass is 10.3. The third-order valence-corrected chi connectivity index (χ3v) is 3.31. The largest absolute Gasteiger partial charge is 0.324 e. The molecule has 2 rings (SSSR count). The summed E-state index contributed by atoms with van der Waals surface area (Å²) in [5, 5.41) is 3.17. The molecular formula is C9H12N2OS. The number of amides is 1. The van der Waals surface area contributed by atoms with Gasteiger partial charge in [0.25, 0.3) is 0 Å². The van der Waals surface area contributed by atoms with Gasteiger partial charge < -0.3 is 4.90 Å². The Morgan fingerprint density at radius 2 is 2.38 bits per heavy atom. The van der Waals surface area contributed by atoms with Crippen LogP contribution >= 0.6 is 11.3 Å². The highest BCUT2D eigenvalue weighted by Gasteiger charge is 2.28. The molecule has 4 heteroatoms. The summed E-state index contributed by atoms with van der Waals surface area (Å²) in [5.74, 6) is 0.163. The van der Waals surface area contributed by atoms with Crippen LogP contribution in [0.25, 0.3) is 0 Å². The van der Waals surface area contributed by atoms with Crippen molar-refractivity contribution < 1.29 is 4.79 Å². The van der Waals surface area contributed by atoms with Crippen LogP contribution in [-0.4, -0.2) is 24.4 Å². The van der Waals surface area contributed by atoms with Gasteiger partial charge in [-0.1, -0.05) is 0 Å². The minimum atomic E-state index is 0.0891. The second kappa shape index (κ2) is 3.12. The molecule has 13 heavy (non-hydrogen) atoms. The lowest BCUT2D eigenvalue weighted by Crippen LogP contribution is -2.24. The molecule has 1 aliphatic rings. The molecule has 70 valence electrons. The van der Waals surface area contributed by atoms with E-state index < -0.39 is 0 Å². The number of carbonyl (C=O) groups excluding carboxylic acids is 1. The molecule has 0 radical (unpaired) electrons. The van der Waals surface area contributed by atoms with Gasteiger partial charge in [-0.3, -0.25) is 10.1 Å². The van der Waals surface area contributed by atoms with Gasteiger partial charge in [-0.2, -0.15) is 0 Å². The Bertz CT molecular complexity index is 334. The predicted molar refractivity (Wildman–Crippen MR) is 52.6 cm³/mol. The van der Waals surface area contributed by atoms with E-state index in [1.807, 2.05) is 7.05 Å². The Hall–Kier alpha value is -0.870. The van der Waals surface area contributed by atoms with E-state index in [0.717, 1.165) is 0 Å². The van der Waals surface area contributed by atoms with Crippen LogP contribution in [0.3, 0.4) is 0 Å². The van der Waals surface area contributed by atoms with Gasteiger partial charge in [-0.25, -0.2) is 0 Å². The Kier molecular flexibility index (Phi) is 2.09. The fraction of sp³-hybridized carbons (Fsp3) is 0.444. The number of rotatable bonds is 1. The van der Waals surface area contributed by atoms with Gasteiger partial charge >= 0.3 is 0 Å². The van der Waals surface area contributed by atoms with Gasteiger partial charge in [-0.15, -0.1) is 11.3 Å². The molecule has 2 heterocycles. The van der Waals surface area contributed by atoms with E-state index in [9.17, 15) is 4.79 Å². The van der Waals surface area contributed by atoms with Crippen LogP contribution in [0, 0.1) is 6.92 Å². The zero-order valence-corrected chi connectivity index (χ0v) is 8.52. The van der Waals surface area contributed by atoms with Gasteiger partial charge in [-0.05, 0) is 19.1 Å². The van der Waals surface area contributed by atoms with E-state index >= 15 is 0 Å². The van der Waals surface area contributed by atoms with Crippen molar-refractivity contribution in [3.8, 4) is 0 Å². The van der Waals surface area contributed by atoms with Crippen molar-refractivity contribution in [3.05, 3.63) is 21.9 Å². The van der Waals surface area contributed by atoms with Gasteiger partial charge in [0.1, 0.15) is 6.17 Å². The van der Waals surface area contributed by atoms with E-state index in [-0.39, 0.29) is 12.1 Å². The van der Waals surface area contributed by atoms with Gasteiger partial charge in [0.15, 0.2) is 0 Å². The molecule has 1 aromatic rings. The predicted octanol–water partition coefficient (Wildman–Crippen LogP) is 1.12. The van der Waals surface area contributed by atoms with E-state index in [1.165, 1.54) is 9.75 Å². The number of hydrogen-bond acceptors (Lipinski definition) is 3. The standard InChI is InChI=1S/C9H12N2OS/c1-6-3-4-7(13-6)9-10-5-8(12)11(9)2/h3-4,9-10H,5H2,1-2H3. The molecule has 1 aliphatic heterocycles. The van der Waals surface area contributed by atoms with E-state index in [2.05, 4.69) is 24.4 Å². The first kappa shape index (κ1) is 8.72. The summed E-state index contributed by atoms with van der Waals surface area (Å²) < 4.78 is 0. The number of thiophene rings is 1. The van der Waals surface area contributed by atoms with Gasteiger partial charge in [0.2, 0.25) is 5.91 Å². The molecule has 3 nitrogen and oxygen atoms in total. The maximum atomic E-state index is 11.2. The van der Waals surface area contributed by atoms with Crippen LogP contribution in [0.15, 0.2) is 12.1 Å². The molecule has 1 fully saturated rings. The normalized spacial score (nSPS) is 22.8. The Morgan fingerprint density at radius 3 is 2.85 bits per heavy atom. The molecule has 0 spiro atoms. The Morgan fingerprint density at radius 1 is 1.62 bits per heavy atom. The Balaban J connectivity index is 2.23. The molecule has 0 aliphatic carbocycles. The van der Waals surface area contributed by atoms with Crippen molar-refractivity contribution in [2.24, 2.45) is 0 Å². The molecule has 0 aromatic carbocycles. The second-order valence-corrected chi connectivity index (χ2v) is 4.56. The fourth-order valence-electron chi connectivity index (χ4n) is 1.48. The molecule has 1 saturated heterocycles. The smallest absolute Gasteiger partial charge is 0.237 e. The van der Waals surface area contributed by atoms with Crippen LogP contribution in [0.5, 0.6) is 0 Å². The number of aryl methyl sites for hydroxylation is 1. The minimum Gasteiger partial charge on any atom is -0.324 e. The van der Waals surface area contributed by atoms with Gasteiger partial charge in [0, 0.05) is 16.8 Å². The fourth-order valence-corrected chi connectivity index (χ4v) is 2.48. The van der Waals surface area contributed by atoms with Gasteiger partial charge in [0.05, 0.1) is 6.54 Å². The second-order valence-electron chi connectivity index (χ2n) is 3.24. The molecule has 1 N–H and O–H groups in total. The van der Waals surface area contributed by atoms with Crippen molar-refractivity contribution in [1.29, 1.82) is 0 Å². The first-order valence-corrected chi connectivity index (χ1v) is 5.05. The SMILES string of the molecule is Cc1ccc(C2NCC(=O)N2C)s1. The monoisotopic (exact) mass is 196 g/mol. The first-order valence-electron chi connectivity index (χ1n) is 4.24. The summed E-state index contributed by atoms with van der Waals surface area (Å²) in [5.41, 5.74) is 0. The summed E-state index contributed by atoms with van der Waals surface area (Å²) in [6, 6.07) is 4.16. The maximum Gasteiger partial charge on any atom is 0.237 e. The number of carbonyl (C=O) groups is 1. The molecule has 1 unspecified atom stereocenters. The van der Waals surface area contributed by atoms with Crippen molar-refractivity contribution in [3.63, 3.8) is 0 Å². The van der Waals surface area contributed by atoms with Crippen LogP contribution < -0.4 is 5.32 Å². The third-order valence-electron chi connectivity index (χ3n) is 2.26. The summed E-state index contributed by atoms with van der Waals surface area (Å²) in [6.45, 7) is 2.53. The van der Waals surface area contributed by atoms with E-state index in [0.29, 0.717) is 6.54 Å². The number of nitrogens with zero attached hydrogens (tertiary/aromatic N) is 1. The molecule has 1 aromatic heterocycles. The molecular weight excluding hydrogens is 184 g/mol. The van der Waals surface area contributed by atoms with Crippen LogP contribution in [-0.2, 0) is 4.79 Å². The number of hydrogen-bond donors (Lipinski definition) is 1. The molecule has 0 saturated carbocycles. The first-order chi connectivity index (χ1) is 6.18. The summed E-state index contributed by atoms with van der Waals surface area (Å²) in [6.07, 6.45) is 0.0891. The molecule has 0 bridgehead atoms. The van der Waals surface area contributed by atoms with Crippen molar-refractivity contribution in [1.82, 2.24) is 10.2 Å².